The van der Waals surface area contributed by atoms with Crippen LogP contribution in [0.4, 0.5) is 5.00 Å². The van der Waals surface area contributed by atoms with E-state index in [1.54, 1.807) is 26.2 Å². The van der Waals surface area contributed by atoms with Gasteiger partial charge in [-0.25, -0.2) is 4.79 Å². The molecule has 2 rings (SSSR count). The van der Waals surface area contributed by atoms with E-state index in [1.165, 1.54) is 6.92 Å². The van der Waals surface area contributed by atoms with Gasteiger partial charge in [-0.3, -0.25) is 9.59 Å². The first-order chi connectivity index (χ1) is 12.3. The molecule has 2 aromatic rings. The number of anilines is 1. The van der Waals surface area contributed by atoms with Crippen molar-refractivity contribution in [1.29, 1.82) is 0 Å². The smallest absolute Gasteiger partial charge is 0.341 e. The minimum atomic E-state index is -0.544. The number of nitrogens with two attached hydrogens (primary N) is 1. The van der Waals surface area contributed by atoms with Crippen LogP contribution in [-0.4, -0.2) is 30.8 Å². The SMILES string of the molecule is CCOC(=O)c1c(NC(=O)C[NH2+][C@H](C)c2ccco2)sc(C(C)=O)c1C. The fourth-order valence-electron chi connectivity index (χ4n) is 2.51. The topological polar surface area (TPSA) is 102 Å². The molecule has 2 aromatic heterocycles. The van der Waals surface area contributed by atoms with Gasteiger partial charge in [-0.1, -0.05) is 0 Å². The van der Waals surface area contributed by atoms with Crippen LogP contribution < -0.4 is 10.6 Å². The Hall–Kier alpha value is -2.45. The highest BCUT2D eigenvalue weighted by atomic mass is 32.1. The monoisotopic (exact) mass is 379 g/mol. The number of carbonyl (C=O) groups excluding carboxylic acids is 3. The van der Waals surface area contributed by atoms with Crippen molar-refractivity contribution in [2.45, 2.75) is 33.7 Å². The number of quaternary nitrogens is 1. The number of furan rings is 1. The van der Waals surface area contributed by atoms with Gasteiger partial charge >= 0.3 is 5.97 Å². The number of amides is 1. The van der Waals surface area contributed by atoms with E-state index in [-0.39, 0.29) is 36.4 Å². The number of Topliss-reactive ketones (excluding diaryl/α,β-unsaturated/α-hetero) is 1. The Morgan fingerprint density at radius 3 is 2.69 bits per heavy atom. The lowest BCUT2D eigenvalue weighted by Crippen LogP contribution is -2.86. The lowest BCUT2D eigenvalue weighted by Gasteiger charge is -2.09. The molecule has 0 spiro atoms. The zero-order valence-corrected chi connectivity index (χ0v) is 16.1. The van der Waals surface area contributed by atoms with Crippen molar-refractivity contribution in [3.05, 3.63) is 40.2 Å². The van der Waals surface area contributed by atoms with Gasteiger partial charge < -0.3 is 19.8 Å². The van der Waals surface area contributed by atoms with Crippen LogP contribution in [0.5, 0.6) is 0 Å². The maximum absolute atomic E-state index is 12.3. The third kappa shape index (κ3) is 4.59. The first-order valence-corrected chi connectivity index (χ1v) is 9.14. The average Bonchev–Trinajstić information content (AvgIpc) is 3.21. The highest BCUT2D eigenvalue weighted by Gasteiger charge is 2.25. The van der Waals surface area contributed by atoms with Crippen LogP contribution in [0.25, 0.3) is 0 Å². The van der Waals surface area contributed by atoms with E-state index in [2.05, 4.69) is 5.32 Å². The van der Waals surface area contributed by atoms with Gasteiger partial charge in [0, 0.05) is 0 Å². The summed E-state index contributed by atoms with van der Waals surface area (Å²) in [5.41, 5.74) is 0.777. The van der Waals surface area contributed by atoms with E-state index in [9.17, 15) is 14.4 Å². The number of carbonyl (C=O) groups is 3. The average molecular weight is 379 g/mol. The second kappa shape index (κ2) is 8.77. The van der Waals surface area contributed by atoms with Crippen molar-refractivity contribution in [3.8, 4) is 0 Å². The predicted molar refractivity (Wildman–Crippen MR) is 97.6 cm³/mol. The number of ether oxygens (including phenoxy) is 1. The van der Waals surface area contributed by atoms with E-state index in [0.29, 0.717) is 15.4 Å². The van der Waals surface area contributed by atoms with Gasteiger partial charge in [-0.15, -0.1) is 11.3 Å². The normalized spacial score (nSPS) is 11.8. The third-order valence-corrected chi connectivity index (χ3v) is 5.16. The Morgan fingerprint density at radius 2 is 2.12 bits per heavy atom. The molecule has 0 aromatic carbocycles. The van der Waals surface area contributed by atoms with Gasteiger partial charge in [-0.2, -0.15) is 0 Å². The summed E-state index contributed by atoms with van der Waals surface area (Å²) in [7, 11) is 0. The zero-order valence-electron chi connectivity index (χ0n) is 15.3. The Bertz CT molecular complexity index is 795. The maximum atomic E-state index is 12.3. The summed E-state index contributed by atoms with van der Waals surface area (Å²) in [4.78, 5) is 36.7. The van der Waals surface area contributed by atoms with Crippen LogP contribution in [0.15, 0.2) is 22.8 Å². The molecule has 26 heavy (non-hydrogen) atoms. The van der Waals surface area contributed by atoms with E-state index in [1.807, 2.05) is 18.3 Å². The molecule has 0 radical (unpaired) electrons. The van der Waals surface area contributed by atoms with Gasteiger partial charge in [0.05, 0.1) is 23.3 Å². The fourth-order valence-corrected chi connectivity index (χ4v) is 3.62. The standard InChI is InChI=1S/C18H22N2O5S/c1-5-24-18(23)15-10(2)16(12(4)21)26-17(15)20-14(22)9-19-11(3)13-7-6-8-25-13/h6-8,11,19H,5,9H2,1-4H3,(H,20,22)/p+1/t11-/m1/s1. The van der Waals surface area contributed by atoms with Gasteiger partial charge in [0.1, 0.15) is 11.0 Å². The summed E-state index contributed by atoms with van der Waals surface area (Å²) in [6.07, 6.45) is 1.59. The summed E-state index contributed by atoms with van der Waals surface area (Å²) < 4.78 is 10.4. The molecule has 1 atom stereocenters. The number of hydrogen-bond donors (Lipinski definition) is 2. The van der Waals surface area contributed by atoms with Crippen molar-refractivity contribution in [2.24, 2.45) is 0 Å². The highest BCUT2D eigenvalue weighted by molar-refractivity contribution is 7.18. The van der Waals surface area contributed by atoms with Crippen molar-refractivity contribution >= 4 is 34.0 Å². The van der Waals surface area contributed by atoms with Gasteiger partial charge in [0.25, 0.3) is 5.91 Å². The number of hydrogen-bond acceptors (Lipinski definition) is 6. The second-order valence-corrected chi connectivity index (χ2v) is 6.85. The number of rotatable bonds is 8. The molecule has 0 aliphatic heterocycles. The molecule has 140 valence electrons. The van der Waals surface area contributed by atoms with E-state index >= 15 is 0 Å². The lowest BCUT2D eigenvalue weighted by atomic mass is 10.1. The largest absolute Gasteiger partial charge is 0.463 e. The van der Waals surface area contributed by atoms with Crippen molar-refractivity contribution in [2.75, 3.05) is 18.5 Å². The number of thiophene rings is 1. The van der Waals surface area contributed by atoms with Crippen LogP contribution in [0.3, 0.4) is 0 Å². The molecular formula is C18H23N2O5S+. The van der Waals surface area contributed by atoms with E-state index in [4.69, 9.17) is 9.15 Å². The van der Waals surface area contributed by atoms with Gasteiger partial charge in [-0.05, 0) is 45.4 Å². The molecule has 0 bridgehead atoms. The summed E-state index contributed by atoms with van der Waals surface area (Å²) in [6.45, 7) is 7.11. The fraction of sp³-hybridized carbons (Fsp3) is 0.389. The predicted octanol–water partition coefficient (Wildman–Crippen LogP) is 2.29. The number of ketones is 1. The number of esters is 1. The lowest BCUT2D eigenvalue weighted by molar-refractivity contribution is -0.684. The Labute approximate surface area is 155 Å². The molecule has 3 N–H and O–H groups in total. The minimum absolute atomic E-state index is 0.0156. The molecule has 1 amide bonds. The molecule has 0 aliphatic rings. The van der Waals surface area contributed by atoms with E-state index < -0.39 is 5.97 Å². The maximum Gasteiger partial charge on any atom is 0.341 e. The van der Waals surface area contributed by atoms with Gasteiger partial charge in [0.2, 0.25) is 0 Å². The summed E-state index contributed by atoms with van der Waals surface area (Å²) >= 11 is 1.09. The van der Waals surface area contributed by atoms with Crippen molar-refractivity contribution in [1.82, 2.24) is 0 Å². The molecule has 8 heteroatoms. The molecule has 0 saturated heterocycles. The van der Waals surface area contributed by atoms with Crippen LogP contribution in [0, 0.1) is 6.92 Å². The second-order valence-electron chi connectivity index (χ2n) is 5.83. The summed E-state index contributed by atoms with van der Waals surface area (Å²) in [6, 6.07) is 3.63. The van der Waals surface area contributed by atoms with Crippen LogP contribution in [-0.2, 0) is 9.53 Å². The number of nitrogens with one attached hydrogen (secondary N) is 1. The third-order valence-electron chi connectivity index (χ3n) is 3.85. The molecule has 0 aliphatic carbocycles. The first-order valence-electron chi connectivity index (χ1n) is 8.33. The van der Waals surface area contributed by atoms with Crippen LogP contribution in [0.2, 0.25) is 0 Å². The molecular weight excluding hydrogens is 356 g/mol. The summed E-state index contributed by atoms with van der Waals surface area (Å²) in [5.74, 6) is -0.199. The van der Waals surface area contributed by atoms with Crippen LogP contribution >= 0.6 is 11.3 Å². The van der Waals surface area contributed by atoms with Crippen molar-refractivity contribution < 1.29 is 28.9 Å². The molecule has 0 unspecified atom stereocenters. The molecule has 7 nitrogen and oxygen atoms in total. The van der Waals surface area contributed by atoms with Crippen LogP contribution in [0.1, 0.15) is 58.2 Å². The Kier molecular flexibility index (Phi) is 6.70. The Balaban J connectivity index is 2.11. The quantitative estimate of drug-likeness (QED) is 0.541. The first kappa shape index (κ1) is 19.9. The minimum Gasteiger partial charge on any atom is -0.463 e. The van der Waals surface area contributed by atoms with E-state index in [0.717, 1.165) is 17.1 Å². The van der Waals surface area contributed by atoms with Gasteiger partial charge in [0.15, 0.2) is 18.1 Å². The molecule has 2 heterocycles. The van der Waals surface area contributed by atoms with Crippen molar-refractivity contribution in [3.63, 3.8) is 0 Å². The molecule has 0 fully saturated rings. The highest BCUT2D eigenvalue weighted by Crippen LogP contribution is 2.34. The zero-order chi connectivity index (χ0) is 19.3. The Morgan fingerprint density at radius 1 is 1.38 bits per heavy atom. The summed E-state index contributed by atoms with van der Waals surface area (Å²) in [5, 5.41) is 4.90. The molecule has 0 saturated carbocycles.